The van der Waals surface area contributed by atoms with Crippen molar-refractivity contribution in [3.63, 3.8) is 0 Å². The van der Waals surface area contributed by atoms with Crippen LogP contribution in [0.3, 0.4) is 0 Å². The number of benzene rings is 2. The summed E-state index contributed by atoms with van der Waals surface area (Å²) < 4.78 is 13.0. The Labute approximate surface area is 127 Å². The van der Waals surface area contributed by atoms with Crippen LogP contribution in [0.4, 0.5) is 4.39 Å². The Morgan fingerprint density at radius 1 is 1.09 bits per heavy atom. The number of amides is 1. The summed E-state index contributed by atoms with van der Waals surface area (Å²) in [4.78, 5) is 17.7. The Morgan fingerprint density at radius 2 is 1.86 bits per heavy atom. The average molecular weight is 294 g/mol. The van der Waals surface area contributed by atoms with Gasteiger partial charge in [0.25, 0.3) is 5.91 Å². The predicted octanol–water partition coefficient (Wildman–Crippen LogP) is 3.51. The van der Waals surface area contributed by atoms with Gasteiger partial charge < -0.3 is 9.88 Å². The number of H-pyrrole nitrogens is 1. The van der Waals surface area contributed by atoms with Gasteiger partial charge in [-0.2, -0.15) is 0 Å². The van der Waals surface area contributed by atoms with E-state index >= 15 is 0 Å². The molecule has 0 saturated carbocycles. The number of aromatic nitrogens is 1. The minimum Gasteiger partial charge on any atom is -0.357 e. The molecule has 0 bridgehead atoms. The first-order chi connectivity index (χ1) is 10.7. The van der Waals surface area contributed by atoms with Crippen LogP contribution in [-0.2, 0) is 13.0 Å². The Hall–Kier alpha value is -2.62. The normalized spacial score (nSPS) is 14.1. The molecule has 0 unspecified atom stereocenters. The van der Waals surface area contributed by atoms with Crippen molar-refractivity contribution in [2.45, 2.75) is 13.0 Å². The monoisotopic (exact) mass is 294 g/mol. The van der Waals surface area contributed by atoms with Crippen molar-refractivity contribution in [3.8, 4) is 0 Å². The molecular weight excluding hydrogens is 279 g/mol. The van der Waals surface area contributed by atoms with Crippen molar-refractivity contribution in [2.75, 3.05) is 6.54 Å². The average Bonchev–Trinajstić information content (AvgIpc) is 2.92. The van der Waals surface area contributed by atoms with Crippen molar-refractivity contribution < 1.29 is 9.18 Å². The van der Waals surface area contributed by atoms with E-state index in [1.54, 1.807) is 12.1 Å². The molecular formula is C18H15FN2O. The van der Waals surface area contributed by atoms with Crippen molar-refractivity contribution >= 4 is 16.8 Å². The smallest absolute Gasteiger partial charge is 0.254 e. The molecule has 1 aliphatic rings. The first-order valence-corrected chi connectivity index (χ1v) is 7.35. The fourth-order valence-corrected chi connectivity index (χ4v) is 3.14. The highest BCUT2D eigenvalue weighted by Gasteiger charge is 2.24. The van der Waals surface area contributed by atoms with Gasteiger partial charge in [-0.25, -0.2) is 4.39 Å². The Morgan fingerprint density at radius 3 is 2.68 bits per heavy atom. The molecule has 0 atom stereocenters. The molecule has 1 aromatic heterocycles. The van der Waals surface area contributed by atoms with Gasteiger partial charge in [-0.3, -0.25) is 4.79 Å². The maximum absolute atomic E-state index is 13.0. The number of rotatable bonds is 1. The van der Waals surface area contributed by atoms with Crippen molar-refractivity contribution in [1.82, 2.24) is 9.88 Å². The molecule has 1 amide bonds. The summed E-state index contributed by atoms with van der Waals surface area (Å²) in [5.41, 5.74) is 4.05. The number of halogens is 1. The first-order valence-electron chi connectivity index (χ1n) is 7.35. The molecule has 0 spiro atoms. The molecule has 110 valence electrons. The van der Waals surface area contributed by atoms with E-state index in [1.807, 2.05) is 17.0 Å². The minimum atomic E-state index is -0.326. The molecule has 4 rings (SSSR count). The van der Waals surface area contributed by atoms with E-state index < -0.39 is 0 Å². The van der Waals surface area contributed by atoms with Gasteiger partial charge in [-0.15, -0.1) is 0 Å². The third kappa shape index (κ3) is 2.08. The fraction of sp³-hybridized carbons (Fsp3) is 0.167. The highest BCUT2D eigenvalue weighted by molar-refractivity contribution is 5.94. The molecule has 2 heterocycles. The second kappa shape index (κ2) is 4.98. The van der Waals surface area contributed by atoms with Crippen molar-refractivity contribution in [2.24, 2.45) is 0 Å². The minimum absolute atomic E-state index is 0.0516. The van der Waals surface area contributed by atoms with Gasteiger partial charge >= 0.3 is 0 Å². The molecule has 3 nitrogen and oxygen atoms in total. The van der Waals surface area contributed by atoms with Crippen LogP contribution in [0.1, 0.15) is 21.6 Å². The Bertz CT molecular complexity index is 851. The lowest BCUT2D eigenvalue weighted by Gasteiger charge is -2.27. The molecule has 2 aromatic carbocycles. The summed E-state index contributed by atoms with van der Waals surface area (Å²) in [7, 11) is 0. The van der Waals surface area contributed by atoms with Crippen LogP contribution in [0.2, 0.25) is 0 Å². The predicted molar refractivity (Wildman–Crippen MR) is 83.1 cm³/mol. The highest BCUT2D eigenvalue weighted by atomic mass is 19.1. The number of nitrogens with one attached hydrogen (secondary N) is 1. The summed E-state index contributed by atoms with van der Waals surface area (Å²) in [6, 6.07) is 13.9. The maximum atomic E-state index is 13.0. The molecule has 0 radical (unpaired) electrons. The summed E-state index contributed by atoms with van der Waals surface area (Å²) in [6.45, 7) is 1.26. The van der Waals surface area contributed by atoms with Crippen LogP contribution >= 0.6 is 0 Å². The van der Waals surface area contributed by atoms with Gasteiger partial charge in [-0.1, -0.05) is 18.2 Å². The first kappa shape index (κ1) is 13.1. The molecule has 22 heavy (non-hydrogen) atoms. The Balaban J connectivity index is 1.64. The molecule has 0 saturated heterocycles. The number of carbonyl (C=O) groups excluding carboxylic acids is 1. The lowest BCUT2D eigenvalue weighted by molar-refractivity contribution is 0.0733. The lowest BCUT2D eigenvalue weighted by Crippen LogP contribution is -2.35. The van der Waals surface area contributed by atoms with Crippen molar-refractivity contribution in [3.05, 3.63) is 71.2 Å². The van der Waals surface area contributed by atoms with Gasteiger partial charge in [0.2, 0.25) is 0 Å². The highest BCUT2D eigenvalue weighted by Crippen LogP contribution is 2.28. The maximum Gasteiger partial charge on any atom is 0.254 e. The number of hydrogen-bond acceptors (Lipinski definition) is 1. The SMILES string of the molecule is O=C(c1ccc(F)cc1)N1CCc2c([nH]c3ccccc23)C1. The van der Waals surface area contributed by atoms with E-state index in [0.717, 1.165) is 17.6 Å². The number of hydrogen-bond donors (Lipinski definition) is 1. The van der Waals surface area contributed by atoms with E-state index in [2.05, 4.69) is 17.1 Å². The number of fused-ring (bicyclic) bond motifs is 3. The van der Waals surface area contributed by atoms with Gasteiger partial charge in [0.1, 0.15) is 5.82 Å². The quantitative estimate of drug-likeness (QED) is 0.732. The number of para-hydroxylation sites is 1. The standard InChI is InChI=1S/C18H15FN2O/c19-13-7-5-12(6-8-13)18(22)21-10-9-15-14-3-1-2-4-16(14)20-17(15)11-21/h1-8,20H,9-11H2. The molecule has 3 aromatic rings. The van der Waals surface area contributed by atoms with Crippen molar-refractivity contribution in [1.29, 1.82) is 0 Å². The third-order valence-corrected chi connectivity index (χ3v) is 4.26. The molecule has 1 aliphatic heterocycles. The van der Waals surface area contributed by atoms with E-state index in [1.165, 1.54) is 23.1 Å². The van der Waals surface area contributed by atoms with Gasteiger partial charge in [0.15, 0.2) is 0 Å². The number of aromatic amines is 1. The molecule has 4 heteroatoms. The summed E-state index contributed by atoms with van der Waals surface area (Å²) >= 11 is 0. The third-order valence-electron chi connectivity index (χ3n) is 4.26. The fourth-order valence-electron chi connectivity index (χ4n) is 3.14. The van der Waals surface area contributed by atoms with E-state index in [4.69, 9.17) is 0 Å². The van der Waals surface area contributed by atoms with Crippen LogP contribution in [0.15, 0.2) is 48.5 Å². The largest absolute Gasteiger partial charge is 0.357 e. The summed E-state index contributed by atoms with van der Waals surface area (Å²) in [5, 5.41) is 1.24. The number of nitrogens with zero attached hydrogens (tertiary/aromatic N) is 1. The summed E-state index contributed by atoms with van der Waals surface area (Å²) in [5.74, 6) is -0.377. The van der Waals surface area contributed by atoms with Gasteiger partial charge in [-0.05, 0) is 42.3 Å². The van der Waals surface area contributed by atoms with E-state index in [-0.39, 0.29) is 11.7 Å². The number of carbonyl (C=O) groups is 1. The topological polar surface area (TPSA) is 36.1 Å². The second-order valence-electron chi connectivity index (χ2n) is 5.61. The van der Waals surface area contributed by atoms with Crippen LogP contribution in [-0.4, -0.2) is 22.3 Å². The van der Waals surface area contributed by atoms with Crippen LogP contribution in [0, 0.1) is 5.82 Å². The Kier molecular flexibility index (Phi) is 2.96. The van der Waals surface area contributed by atoms with Crippen LogP contribution in [0.5, 0.6) is 0 Å². The molecule has 1 N–H and O–H groups in total. The zero-order chi connectivity index (χ0) is 15.1. The van der Waals surface area contributed by atoms with Gasteiger partial charge in [0, 0.05) is 28.7 Å². The second-order valence-corrected chi connectivity index (χ2v) is 5.61. The van der Waals surface area contributed by atoms with Gasteiger partial charge in [0.05, 0.1) is 6.54 Å². The van der Waals surface area contributed by atoms with Crippen LogP contribution in [0.25, 0.3) is 10.9 Å². The lowest BCUT2D eigenvalue weighted by atomic mass is 10.0. The zero-order valence-electron chi connectivity index (χ0n) is 12.0. The zero-order valence-corrected chi connectivity index (χ0v) is 12.0. The summed E-state index contributed by atoms with van der Waals surface area (Å²) in [6.07, 6.45) is 0.840. The molecule has 0 aliphatic carbocycles. The van der Waals surface area contributed by atoms with Crippen LogP contribution < -0.4 is 0 Å². The molecule has 0 fully saturated rings. The van der Waals surface area contributed by atoms with E-state index in [0.29, 0.717) is 18.7 Å². The van der Waals surface area contributed by atoms with E-state index in [9.17, 15) is 9.18 Å².